The third-order valence-corrected chi connectivity index (χ3v) is 8.86. The molecule has 2 aromatic rings. The fourth-order valence-corrected chi connectivity index (χ4v) is 6.43. The first-order chi connectivity index (χ1) is 11.7. The maximum atomic E-state index is 12.8. The van der Waals surface area contributed by atoms with Crippen molar-refractivity contribution in [2.24, 2.45) is 0 Å². The van der Waals surface area contributed by atoms with Crippen LogP contribution < -0.4 is 0 Å². The first kappa shape index (κ1) is 18.4. The minimum Gasteiger partial charge on any atom is -0.223 e. The lowest BCUT2D eigenvalue weighted by molar-refractivity contribution is 0.476. The van der Waals surface area contributed by atoms with Crippen LogP contribution in [0.25, 0.3) is 0 Å². The van der Waals surface area contributed by atoms with Crippen LogP contribution >= 0.6 is 11.6 Å². The largest absolute Gasteiger partial charge is 0.243 e. The highest BCUT2D eigenvalue weighted by Crippen LogP contribution is 2.29. The zero-order chi connectivity index (χ0) is 18.2. The van der Waals surface area contributed by atoms with Crippen molar-refractivity contribution in [2.75, 3.05) is 13.1 Å². The highest BCUT2D eigenvalue weighted by molar-refractivity contribution is 7.92. The molecule has 5 nitrogen and oxygen atoms in total. The van der Waals surface area contributed by atoms with Crippen molar-refractivity contribution in [3.63, 3.8) is 0 Å². The molecule has 1 fully saturated rings. The van der Waals surface area contributed by atoms with Gasteiger partial charge in [0.2, 0.25) is 10.0 Å². The molecule has 0 bridgehead atoms. The maximum absolute atomic E-state index is 12.8. The maximum Gasteiger partial charge on any atom is 0.243 e. The van der Waals surface area contributed by atoms with Crippen molar-refractivity contribution in [3.8, 4) is 0 Å². The van der Waals surface area contributed by atoms with E-state index in [1.54, 1.807) is 31.2 Å². The summed E-state index contributed by atoms with van der Waals surface area (Å²) in [4.78, 5) is 0.304. The summed E-state index contributed by atoms with van der Waals surface area (Å²) in [7, 11) is -7.33. The van der Waals surface area contributed by atoms with E-state index in [1.165, 1.54) is 28.6 Å². The summed E-state index contributed by atoms with van der Waals surface area (Å²) in [5.74, 6) is 0. The van der Waals surface area contributed by atoms with Gasteiger partial charge in [0.25, 0.3) is 0 Å². The van der Waals surface area contributed by atoms with Crippen LogP contribution in [0.4, 0.5) is 0 Å². The molecular formula is C17H18ClNO4S2. The second-order valence-corrected chi connectivity index (χ2v) is 10.6. The highest BCUT2D eigenvalue weighted by atomic mass is 35.5. The quantitative estimate of drug-likeness (QED) is 0.792. The van der Waals surface area contributed by atoms with Crippen molar-refractivity contribution >= 4 is 31.5 Å². The van der Waals surface area contributed by atoms with Crippen LogP contribution in [0.15, 0.2) is 58.3 Å². The predicted molar refractivity (Wildman–Crippen MR) is 97.0 cm³/mol. The van der Waals surface area contributed by atoms with Gasteiger partial charge in [-0.3, -0.25) is 0 Å². The fraction of sp³-hybridized carbons (Fsp3) is 0.294. The highest BCUT2D eigenvalue weighted by Gasteiger charge is 2.39. The van der Waals surface area contributed by atoms with E-state index in [4.69, 9.17) is 11.6 Å². The first-order valence-electron chi connectivity index (χ1n) is 7.78. The molecule has 2 aromatic carbocycles. The van der Waals surface area contributed by atoms with Gasteiger partial charge in [-0.1, -0.05) is 35.9 Å². The molecule has 3 rings (SSSR count). The zero-order valence-corrected chi connectivity index (χ0v) is 16.0. The molecule has 0 amide bonds. The van der Waals surface area contributed by atoms with E-state index in [0.717, 1.165) is 5.56 Å². The normalized spacial score (nSPS) is 19.2. The van der Waals surface area contributed by atoms with Crippen LogP contribution in [0.5, 0.6) is 0 Å². The molecule has 0 radical (unpaired) electrons. The third kappa shape index (κ3) is 3.46. The summed E-state index contributed by atoms with van der Waals surface area (Å²) in [6.07, 6.45) is 0.274. The van der Waals surface area contributed by atoms with Crippen LogP contribution in [0.3, 0.4) is 0 Å². The Morgan fingerprint density at radius 1 is 1.00 bits per heavy atom. The second-order valence-electron chi connectivity index (χ2n) is 6.04. The minimum atomic E-state index is -3.77. The average molecular weight is 400 g/mol. The van der Waals surface area contributed by atoms with Gasteiger partial charge >= 0.3 is 0 Å². The molecule has 0 unspecified atom stereocenters. The van der Waals surface area contributed by atoms with E-state index in [-0.39, 0.29) is 29.3 Å². The van der Waals surface area contributed by atoms with Gasteiger partial charge in [-0.2, -0.15) is 4.31 Å². The first-order valence-corrected chi connectivity index (χ1v) is 11.1. The number of hydrogen-bond acceptors (Lipinski definition) is 4. The number of sulfonamides is 1. The minimum absolute atomic E-state index is 0.0505. The number of sulfone groups is 1. The van der Waals surface area contributed by atoms with Gasteiger partial charge in [-0.15, -0.1) is 0 Å². The van der Waals surface area contributed by atoms with E-state index < -0.39 is 25.1 Å². The van der Waals surface area contributed by atoms with Gasteiger partial charge in [0, 0.05) is 18.1 Å². The number of rotatable bonds is 4. The molecule has 0 N–H and O–H groups in total. The van der Waals surface area contributed by atoms with Crippen LogP contribution in [0, 0.1) is 6.92 Å². The molecule has 0 aliphatic carbocycles. The van der Waals surface area contributed by atoms with Crippen molar-refractivity contribution < 1.29 is 16.8 Å². The van der Waals surface area contributed by atoms with Crippen LogP contribution in [0.2, 0.25) is 5.02 Å². The van der Waals surface area contributed by atoms with Crippen LogP contribution in [-0.2, 0) is 19.9 Å². The molecule has 8 heteroatoms. The van der Waals surface area contributed by atoms with Gasteiger partial charge in [0.05, 0.1) is 15.0 Å². The van der Waals surface area contributed by atoms with E-state index in [2.05, 4.69) is 0 Å². The van der Waals surface area contributed by atoms with Gasteiger partial charge in [0.1, 0.15) is 0 Å². The molecular weight excluding hydrogens is 382 g/mol. The topological polar surface area (TPSA) is 71.5 Å². The monoisotopic (exact) mass is 399 g/mol. The Bertz CT molecular complexity index is 989. The van der Waals surface area contributed by atoms with E-state index in [1.807, 2.05) is 0 Å². The van der Waals surface area contributed by atoms with Crippen LogP contribution in [0.1, 0.15) is 12.0 Å². The Kier molecular flexibility index (Phi) is 4.94. The second kappa shape index (κ2) is 6.72. The van der Waals surface area contributed by atoms with Crippen molar-refractivity contribution in [1.82, 2.24) is 4.31 Å². The molecule has 0 aromatic heterocycles. The Balaban J connectivity index is 1.86. The number of benzene rings is 2. The lowest BCUT2D eigenvalue weighted by Gasteiger charge is -2.17. The predicted octanol–water partition coefficient (Wildman–Crippen LogP) is 2.89. The summed E-state index contributed by atoms with van der Waals surface area (Å²) in [6.45, 7) is 1.91. The molecule has 25 heavy (non-hydrogen) atoms. The number of hydrogen-bond donors (Lipinski definition) is 0. The molecule has 1 aliphatic heterocycles. The Hall–Kier alpha value is -1.41. The standard InChI is InChI=1S/C17H18ClNO4S2/c1-13-7-8-15(11-17(13)18)25(22,23)19-10-9-16(12-19)24(20,21)14-5-3-2-4-6-14/h2-8,11,16H,9-10,12H2,1H3/t16-/m1/s1. The summed E-state index contributed by atoms with van der Waals surface area (Å²) in [5.41, 5.74) is 0.784. The number of nitrogens with zero attached hydrogens (tertiary/aromatic N) is 1. The molecule has 0 saturated carbocycles. The van der Waals surface area contributed by atoms with E-state index in [9.17, 15) is 16.8 Å². The zero-order valence-electron chi connectivity index (χ0n) is 13.6. The SMILES string of the molecule is Cc1ccc(S(=O)(=O)N2CC[C@@H](S(=O)(=O)c3ccccc3)C2)cc1Cl. The summed E-state index contributed by atoms with van der Waals surface area (Å²) >= 11 is 6.03. The molecule has 0 spiro atoms. The number of aryl methyl sites for hydroxylation is 1. The van der Waals surface area contributed by atoms with Crippen LogP contribution in [-0.4, -0.2) is 39.5 Å². The van der Waals surface area contributed by atoms with Gasteiger partial charge in [-0.05, 0) is 43.2 Å². The molecule has 1 aliphatic rings. The molecule has 1 saturated heterocycles. The third-order valence-electron chi connectivity index (χ3n) is 4.40. The Morgan fingerprint density at radius 3 is 2.32 bits per heavy atom. The smallest absolute Gasteiger partial charge is 0.223 e. The Labute approximate surface area is 153 Å². The van der Waals surface area contributed by atoms with Crippen molar-refractivity contribution in [2.45, 2.75) is 28.4 Å². The van der Waals surface area contributed by atoms with Gasteiger partial charge in [-0.25, -0.2) is 16.8 Å². The summed E-state index contributed by atoms with van der Waals surface area (Å²) < 4.78 is 52.2. The summed E-state index contributed by atoms with van der Waals surface area (Å²) in [6, 6.07) is 12.7. The van der Waals surface area contributed by atoms with E-state index in [0.29, 0.717) is 5.02 Å². The molecule has 1 heterocycles. The molecule has 134 valence electrons. The lowest BCUT2D eigenvalue weighted by atomic mass is 10.2. The average Bonchev–Trinajstić information content (AvgIpc) is 3.10. The summed E-state index contributed by atoms with van der Waals surface area (Å²) in [5, 5.41) is -0.376. The number of halogens is 1. The van der Waals surface area contributed by atoms with Gasteiger partial charge in [0.15, 0.2) is 9.84 Å². The van der Waals surface area contributed by atoms with E-state index >= 15 is 0 Å². The van der Waals surface area contributed by atoms with Gasteiger partial charge < -0.3 is 0 Å². The molecule has 1 atom stereocenters. The Morgan fingerprint density at radius 2 is 1.68 bits per heavy atom. The van der Waals surface area contributed by atoms with Crippen molar-refractivity contribution in [1.29, 1.82) is 0 Å². The lowest BCUT2D eigenvalue weighted by Crippen LogP contribution is -2.32. The fourth-order valence-electron chi connectivity index (χ4n) is 2.85. The van der Waals surface area contributed by atoms with Crippen molar-refractivity contribution in [3.05, 3.63) is 59.1 Å².